The molecule has 166 valence electrons. The van der Waals surface area contributed by atoms with Crippen LogP contribution in [0.15, 0.2) is 47.4 Å². The van der Waals surface area contributed by atoms with E-state index in [-0.39, 0.29) is 28.3 Å². The number of halogens is 2. The Labute approximate surface area is 189 Å². The topological polar surface area (TPSA) is 119 Å². The van der Waals surface area contributed by atoms with Gasteiger partial charge < -0.3 is 10.1 Å². The van der Waals surface area contributed by atoms with Crippen LogP contribution in [0.4, 0.5) is 11.4 Å². The average Bonchev–Trinajstić information content (AvgIpc) is 3.25. The van der Waals surface area contributed by atoms with Crippen LogP contribution >= 0.6 is 23.2 Å². The van der Waals surface area contributed by atoms with Crippen LogP contribution in [0.3, 0.4) is 0 Å². The van der Waals surface area contributed by atoms with Crippen molar-refractivity contribution >= 4 is 50.5 Å². The normalized spacial score (nSPS) is 16.1. The number of anilines is 1. The second-order valence-corrected chi connectivity index (χ2v) is 9.50. The predicted octanol–water partition coefficient (Wildman–Crippen LogP) is 3.39. The molecule has 1 aliphatic heterocycles. The molecule has 0 aliphatic carbocycles. The molecular formula is C19H19Cl2N3O6S. The summed E-state index contributed by atoms with van der Waals surface area (Å²) in [4.78, 5) is 22.6. The monoisotopic (exact) mass is 487 g/mol. The average molecular weight is 488 g/mol. The lowest BCUT2D eigenvalue weighted by molar-refractivity contribution is -0.384. The number of hydrogen-bond donors (Lipinski definition) is 1. The Balaban J connectivity index is 1.91. The SMILES string of the molecule is O=C(CN(c1ccc(Cl)cc1)S(=O)(=O)c1ccc(Cl)c([N+](=O)[O-])c1)NCC1CCCO1. The first kappa shape index (κ1) is 23.3. The van der Waals surface area contributed by atoms with Gasteiger partial charge in [-0.2, -0.15) is 0 Å². The van der Waals surface area contributed by atoms with Crippen LogP contribution in [0.2, 0.25) is 10.0 Å². The third kappa shape index (κ3) is 5.65. The summed E-state index contributed by atoms with van der Waals surface area (Å²) >= 11 is 11.7. The molecule has 12 heteroatoms. The maximum Gasteiger partial charge on any atom is 0.289 e. The van der Waals surface area contributed by atoms with E-state index in [1.54, 1.807) is 0 Å². The lowest BCUT2D eigenvalue weighted by atomic mass is 10.2. The van der Waals surface area contributed by atoms with Gasteiger partial charge in [0.15, 0.2) is 0 Å². The highest BCUT2D eigenvalue weighted by molar-refractivity contribution is 7.92. The number of carbonyl (C=O) groups excluding carboxylic acids is 1. The van der Waals surface area contributed by atoms with E-state index in [9.17, 15) is 23.3 Å². The molecule has 0 aromatic heterocycles. The quantitative estimate of drug-likeness (QED) is 0.450. The predicted molar refractivity (Wildman–Crippen MR) is 116 cm³/mol. The van der Waals surface area contributed by atoms with Crippen LogP contribution < -0.4 is 9.62 Å². The van der Waals surface area contributed by atoms with Crippen molar-refractivity contribution in [3.05, 3.63) is 62.6 Å². The van der Waals surface area contributed by atoms with Gasteiger partial charge in [0, 0.05) is 24.2 Å². The van der Waals surface area contributed by atoms with E-state index in [4.69, 9.17) is 27.9 Å². The fourth-order valence-electron chi connectivity index (χ4n) is 3.06. The second kappa shape index (κ2) is 9.82. The van der Waals surface area contributed by atoms with Gasteiger partial charge in [0.1, 0.15) is 11.6 Å². The number of hydrogen-bond acceptors (Lipinski definition) is 6. The molecule has 9 nitrogen and oxygen atoms in total. The first-order valence-electron chi connectivity index (χ1n) is 9.29. The lowest BCUT2D eigenvalue weighted by Crippen LogP contribution is -2.42. The molecule has 2 aromatic rings. The number of nitro groups is 1. The van der Waals surface area contributed by atoms with Gasteiger partial charge in [0.05, 0.1) is 21.6 Å². The Kier molecular flexibility index (Phi) is 7.37. The number of benzene rings is 2. The first-order chi connectivity index (χ1) is 14.7. The van der Waals surface area contributed by atoms with Gasteiger partial charge in [0.25, 0.3) is 15.7 Å². The zero-order valence-corrected chi connectivity index (χ0v) is 18.5. The molecule has 1 amide bonds. The molecular weight excluding hydrogens is 469 g/mol. The highest BCUT2D eigenvalue weighted by Crippen LogP contribution is 2.31. The summed E-state index contributed by atoms with van der Waals surface area (Å²) in [5.41, 5.74) is -0.379. The third-order valence-electron chi connectivity index (χ3n) is 4.66. The van der Waals surface area contributed by atoms with Gasteiger partial charge in [-0.15, -0.1) is 0 Å². The number of amides is 1. The van der Waals surface area contributed by atoms with Crippen molar-refractivity contribution < 1.29 is 22.9 Å². The van der Waals surface area contributed by atoms with Gasteiger partial charge in [-0.25, -0.2) is 8.42 Å². The molecule has 1 N–H and O–H groups in total. The number of sulfonamides is 1. The number of nitro benzene ring substituents is 1. The zero-order valence-electron chi connectivity index (χ0n) is 16.2. The van der Waals surface area contributed by atoms with Gasteiger partial charge in [-0.3, -0.25) is 19.2 Å². The lowest BCUT2D eigenvalue weighted by Gasteiger charge is -2.24. The van der Waals surface area contributed by atoms with Crippen molar-refractivity contribution in [3.8, 4) is 0 Å². The molecule has 1 aliphatic rings. The fraction of sp³-hybridized carbons (Fsp3) is 0.316. The zero-order chi connectivity index (χ0) is 22.6. The van der Waals surface area contributed by atoms with Crippen molar-refractivity contribution in [2.45, 2.75) is 23.8 Å². The van der Waals surface area contributed by atoms with Crippen LogP contribution in [0.5, 0.6) is 0 Å². The van der Waals surface area contributed by atoms with E-state index < -0.39 is 33.1 Å². The molecule has 31 heavy (non-hydrogen) atoms. The number of nitrogens with zero attached hydrogens (tertiary/aromatic N) is 2. The minimum Gasteiger partial charge on any atom is -0.376 e. The van der Waals surface area contributed by atoms with E-state index in [2.05, 4.69) is 5.32 Å². The Bertz CT molecular complexity index is 1070. The summed E-state index contributed by atoms with van der Waals surface area (Å²) in [5, 5.41) is 14.0. The van der Waals surface area contributed by atoms with Crippen molar-refractivity contribution in [3.63, 3.8) is 0 Å². The minimum atomic E-state index is -4.34. The van der Waals surface area contributed by atoms with Crippen LogP contribution in [-0.4, -0.2) is 45.0 Å². The largest absolute Gasteiger partial charge is 0.376 e. The van der Waals surface area contributed by atoms with Crippen molar-refractivity contribution in [2.75, 3.05) is 24.0 Å². The van der Waals surface area contributed by atoms with Crippen molar-refractivity contribution in [2.24, 2.45) is 0 Å². The standard InChI is InChI=1S/C19H19Cl2N3O6S/c20-13-3-5-14(6-4-13)23(12-19(25)22-11-15-2-1-9-30-15)31(28,29)16-7-8-17(21)18(10-16)24(26)27/h3-8,10,15H,1-2,9,11-12H2,(H,22,25). The Morgan fingerprint density at radius 1 is 1.23 bits per heavy atom. The summed E-state index contributed by atoms with van der Waals surface area (Å²) in [5.74, 6) is -0.544. The summed E-state index contributed by atoms with van der Waals surface area (Å²) < 4.78 is 33.0. The molecule has 0 bridgehead atoms. The third-order valence-corrected chi connectivity index (χ3v) is 7.00. The van der Waals surface area contributed by atoms with Gasteiger partial charge in [-0.05, 0) is 49.2 Å². The Hall–Kier alpha value is -2.40. The van der Waals surface area contributed by atoms with Gasteiger partial charge in [-0.1, -0.05) is 23.2 Å². The van der Waals surface area contributed by atoms with E-state index in [1.807, 2.05) is 0 Å². The Morgan fingerprint density at radius 3 is 2.55 bits per heavy atom. The number of ether oxygens (including phenoxy) is 1. The number of carbonyl (C=O) groups is 1. The van der Waals surface area contributed by atoms with Crippen molar-refractivity contribution in [1.29, 1.82) is 0 Å². The summed E-state index contributed by atoms with van der Waals surface area (Å²) in [6, 6.07) is 8.99. The van der Waals surface area contributed by atoms with Crippen LogP contribution in [0.25, 0.3) is 0 Å². The highest BCUT2D eigenvalue weighted by atomic mass is 35.5. The van der Waals surface area contributed by atoms with Gasteiger partial charge in [0.2, 0.25) is 5.91 Å². The van der Waals surface area contributed by atoms with Crippen molar-refractivity contribution in [1.82, 2.24) is 5.32 Å². The maximum absolute atomic E-state index is 13.3. The highest BCUT2D eigenvalue weighted by Gasteiger charge is 2.30. The van der Waals surface area contributed by atoms with E-state index in [0.29, 0.717) is 11.6 Å². The van der Waals surface area contributed by atoms with E-state index >= 15 is 0 Å². The number of nitrogens with one attached hydrogen (secondary N) is 1. The number of rotatable bonds is 8. The molecule has 0 radical (unpaired) electrons. The molecule has 1 fully saturated rings. The fourth-order valence-corrected chi connectivity index (χ4v) is 4.82. The minimum absolute atomic E-state index is 0.108. The van der Waals surface area contributed by atoms with Crippen LogP contribution in [0, 0.1) is 10.1 Å². The molecule has 3 rings (SSSR count). The smallest absolute Gasteiger partial charge is 0.289 e. The molecule has 1 unspecified atom stereocenters. The van der Waals surface area contributed by atoms with E-state index in [1.165, 1.54) is 24.3 Å². The van der Waals surface area contributed by atoms with Crippen LogP contribution in [-0.2, 0) is 19.6 Å². The summed E-state index contributed by atoms with van der Waals surface area (Å²) in [6.45, 7) is 0.355. The maximum atomic E-state index is 13.3. The molecule has 1 heterocycles. The molecule has 1 saturated heterocycles. The molecule has 2 aromatic carbocycles. The summed E-state index contributed by atoms with van der Waals surface area (Å²) in [6.07, 6.45) is 1.61. The van der Waals surface area contributed by atoms with Crippen LogP contribution in [0.1, 0.15) is 12.8 Å². The molecule has 1 atom stereocenters. The van der Waals surface area contributed by atoms with Gasteiger partial charge >= 0.3 is 0 Å². The Morgan fingerprint density at radius 2 is 1.94 bits per heavy atom. The summed E-state index contributed by atoms with van der Waals surface area (Å²) in [7, 11) is -4.34. The molecule has 0 saturated carbocycles. The second-order valence-electron chi connectivity index (χ2n) is 6.80. The first-order valence-corrected chi connectivity index (χ1v) is 11.5. The van der Waals surface area contributed by atoms with E-state index in [0.717, 1.165) is 35.3 Å². The molecule has 0 spiro atoms.